The second-order valence-electron chi connectivity index (χ2n) is 4.93. The first kappa shape index (κ1) is 15.6. The summed E-state index contributed by atoms with van der Waals surface area (Å²) >= 11 is 0. The van der Waals surface area contributed by atoms with E-state index < -0.39 is 10.0 Å². The van der Waals surface area contributed by atoms with Crippen molar-refractivity contribution in [3.63, 3.8) is 0 Å². The molecule has 0 aliphatic carbocycles. The second-order valence-corrected chi connectivity index (χ2v) is 6.62. The maximum absolute atomic E-state index is 12.5. The average molecular weight is 305 g/mol. The summed E-state index contributed by atoms with van der Waals surface area (Å²) in [4.78, 5) is 4.27. The van der Waals surface area contributed by atoms with E-state index >= 15 is 0 Å². The maximum Gasteiger partial charge on any atom is 0.241 e. The lowest BCUT2D eigenvalue weighted by Crippen LogP contribution is -2.27. The summed E-state index contributed by atoms with van der Waals surface area (Å²) in [7, 11) is -3.60. The molecular weight excluding hydrogens is 286 g/mol. The Bertz CT molecular complexity index is 715. The van der Waals surface area contributed by atoms with Crippen LogP contribution in [0, 0.1) is 6.92 Å². The molecule has 0 fully saturated rings. The van der Waals surface area contributed by atoms with Gasteiger partial charge in [-0.2, -0.15) is 0 Å². The predicted molar refractivity (Wildman–Crippen MR) is 82.0 cm³/mol. The normalized spacial score (nSPS) is 13.1. The molecule has 0 aliphatic heterocycles. The van der Waals surface area contributed by atoms with Crippen LogP contribution >= 0.6 is 0 Å². The van der Waals surface area contributed by atoms with Gasteiger partial charge in [0.2, 0.25) is 10.0 Å². The Hall–Kier alpha value is -1.76. The summed E-state index contributed by atoms with van der Waals surface area (Å²) in [6.07, 6.45) is 3.30. The van der Waals surface area contributed by atoms with Crippen molar-refractivity contribution in [2.24, 2.45) is 5.73 Å². The number of pyridine rings is 1. The van der Waals surface area contributed by atoms with Gasteiger partial charge in [0.15, 0.2) is 0 Å². The average Bonchev–Trinajstić information content (AvgIpc) is 2.48. The molecule has 2 rings (SSSR count). The Morgan fingerprint density at radius 2 is 2.10 bits per heavy atom. The van der Waals surface area contributed by atoms with Crippen molar-refractivity contribution in [2.75, 3.05) is 0 Å². The van der Waals surface area contributed by atoms with Crippen LogP contribution in [-0.2, 0) is 16.6 Å². The SMILES string of the molecule is Cc1ccc(CN)cc1S(=O)(=O)NC(C)c1cccnc1. The van der Waals surface area contributed by atoms with Crippen molar-refractivity contribution in [3.05, 3.63) is 59.4 Å². The smallest absolute Gasteiger partial charge is 0.241 e. The number of nitrogens with one attached hydrogen (secondary N) is 1. The lowest BCUT2D eigenvalue weighted by atomic mass is 10.1. The highest BCUT2D eigenvalue weighted by Gasteiger charge is 2.20. The third kappa shape index (κ3) is 3.66. The molecule has 1 aromatic heterocycles. The predicted octanol–water partition coefficient (Wildman–Crippen LogP) is 1.89. The molecule has 2 aromatic rings. The standard InChI is InChI=1S/C15H19N3O2S/c1-11-5-6-13(9-16)8-15(11)21(19,20)18-12(2)14-4-3-7-17-10-14/h3-8,10,12,18H,9,16H2,1-2H3. The third-order valence-electron chi connectivity index (χ3n) is 3.29. The summed E-state index contributed by atoms with van der Waals surface area (Å²) < 4.78 is 27.7. The number of benzene rings is 1. The topological polar surface area (TPSA) is 85.1 Å². The zero-order valence-electron chi connectivity index (χ0n) is 12.1. The van der Waals surface area contributed by atoms with Crippen LogP contribution in [-0.4, -0.2) is 13.4 Å². The van der Waals surface area contributed by atoms with E-state index in [9.17, 15) is 8.42 Å². The van der Waals surface area contributed by atoms with Gasteiger partial charge in [-0.3, -0.25) is 4.98 Å². The van der Waals surface area contributed by atoms with E-state index in [2.05, 4.69) is 9.71 Å². The summed E-state index contributed by atoms with van der Waals surface area (Å²) in [5, 5.41) is 0. The second kappa shape index (κ2) is 6.34. The number of nitrogens with two attached hydrogens (primary N) is 1. The van der Waals surface area contributed by atoms with Gasteiger partial charge in [-0.25, -0.2) is 13.1 Å². The van der Waals surface area contributed by atoms with Crippen LogP contribution in [0.5, 0.6) is 0 Å². The van der Waals surface area contributed by atoms with E-state index in [1.54, 1.807) is 44.4 Å². The Balaban J connectivity index is 2.30. The van der Waals surface area contributed by atoms with Crippen LogP contribution in [0.2, 0.25) is 0 Å². The molecule has 1 aromatic carbocycles. The zero-order valence-corrected chi connectivity index (χ0v) is 12.9. The number of sulfonamides is 1. The Morgan fingerprint density at radius 3 is 2.71 bits per heavy atom. The van der Waals surface area contributed by atoms with E-state index in [0.717, 1.165) is 11.1 Å². The number of hydrogen-bond donors (Lipinski definition) is 2. The minimum absolute atomic E-state index is 0.265. The van der Waals surface area contributed by atoms with Crippen LogP contribution in [0.15, 0.2) is 47.6 Å². The Morgan fingerprint density at radius 1 is 1.33 bits per heavy atom. The molecule has 0 radical (unpaired) electrons. The molecule has 1 unspecified atom stereocenters. The molecule has 5 nitrogen and oxygen atoms in total. The monoisotopic (exact) mass is 305 g/mol. The fourth-order valence-electron chi connectivity index (χ4n) is 2.06. The number of aromatic nitrogens is 1. The van der Waals surface area contributed by atoms with Crippen molar-refractivity contribution < 1.29 is 8.42 Å². The summed E-state index contributed by atoms with van der Waals surface area (Å²) in [5.41, 5.74) is 7.87. The molecule has 0 saturated carbocycles. The summed E-state index contributed by atoms with van der Waals surface area (Å²) in [5.74, 6) is 0. The number of aryl methyl sites for hydroxylation is 1. The van der Waals surface area contributed by atoms with Crippen molar-refractivity contribution in [3.8, 4) is 0 Å². The highest BCUT2D eigenvalue weighted by atomic mass is 32.2. The van der Waals surface area contributed by atoms with Crippen LogP contribution in [0.3, 0.4) is 0 Å². The van der Waals surface area contributed by atoms with E-state index in [-0.39, 0.29) is 10.9 Å². The number of rotatable bonds is 5. The van der Waals surface area contributed by atoms with Gasteiger partial charge in [0.1, 0.15) is 0 Å². The maximum atomic E-state index is 12.5. The summed E-state index contributed by atoms with van der Waals surface area (Å²) in [6.45, 7) is 3.86. The van der Waals surface area contributed by atoms with Crippen LogP contribution in [0.25, 0.3) is 0 Å². The highest BCUT2D eigenvalue weighted by Crippen LogP contribution is 2.20. The van der Waals surface area contributed by atoms with Crippen molar-refractivity contribution >= 4 is 10.0 Å². The van der Waals surface area contributed by atoms with E-state index in [1.807, 2.05) is 12.1 Å². The molecule has 0 amide bonds. The van der Waals surface area contributed by atoms with Crippen LogP contribution in [0.4, 0.5) is 0 Å². The zero-order chi connectivity index (χ0) is 15.5. The molecule has 3 N–H and O–H groups in total. The van der Waals surface area contributed by atoms with Gasteiger partial charge >= 0.3 is 0 Å². The third-order valence-corrected chi connectivity index (χ3v) is 4.98. The van der Waals surface area contributed by atoms with Gasteiger partial charge in [-0.05, 0) is 42.7 Å². The van der Waals surface area contributed by atoms with Crippen LogP contribution in [0.1, 0.15) is 29.7 Å². The highest BCUT2D eigenvalue weighted by molar-refractivity contribution is 7.89. The largest absolute Gasteiger partial charge is 0.326 e. The fourth-order valence-corrected chi connectivity index (χ4v) is 3.58. The first-order valence-electron chi connectivity index (χ1n) is 6.66. The van der Waals surface area contributed by atoms with Gasteiger partial charge in [0.25, 0.3) is 0 Å². The van der Waals surface area contributed by atoms with Gasteiger partial charge < -0.3 is 5.73 Å². The van der Waals surface area contributed by atoms with Gasteiger partial charge in [-0.1, -0.05) is 18.2 Å². The first-order valence-corrected chi connectivity index (χ1v) is 8.14. The van der Waals surface area contributed by atoms with Crippen molar-refractivity contribution in [1.82, 2.24) is 9.71 Å². The van der Waals surface area contributed by atoms with E-state index in [0.29, 0.717) is 12.1 Å². The first-order chi connectivity index (χ1) is 9.94. The fraction of sp³-hybridized carbons (Fsp3) is 0.267. The molecule has 21 heavy (non-hydrogen) atoms. The quantitative estimate of drug-likeness (QED) is 0.883. The molecule has 0 bridgehead atoms. The van der Waals surface area contributed by atoms with Crippen molar-refractivity contribution in [1.29, 1.82) is 0 Å². The number of hydrogen-bond acceptors (Lipinski definition) is 4. The van der Waals surface area contributed by atoms with Gasteiger partial charge in [0, 0.05) is 25.0 Å². The van der Waals surface area contributed by atoms with E-state index in [4.69, 9.17) is 5.73 Å². The lowest BCUT2D eigenvalue weighted by molar-refractivity contribution is 0.566. The Kier molecular flexibility index (Phi) is 4.72. The molecule has 6 heteroatoms. The molecule has 0 saturated heterocycles. The molecule has 0 aliphatic rings. The minimum atomic E-state index is -3.60. The molecular formula is C15H19N3O2S. The summed E-state index contributed by atoms with van der Waals surface area (Å²) in [6, 6.07) is 8.48. The Labute approximate surface area is 125 Å². The van der Waals surface area contributed by atoms with Crippen LogP contribution < -0.4 is 10.5 Å². The van der Waals surface area contributed by atoms with Crippen molar-refractivity contribution in [2.45, 2.75) is 31.3 Å². The molecule has 1 atom stereocenters. The molecule has 112 valence electrons. The van der Waals surface area contributed by atoms with Gasteiger partial charge in [-0.15, -0.1) is 0 Å². The lowest BCUT2D eigenvalue weighted by Gasteiger charge is -2.16. The number of nitrogens with zero attached hydrogens (tertiary/aromatic N) is 1. The minimum Gasteiger partial charge on any atom is -0.326 e. The molecule has 1 heterocycles. The van der Waals surface area contributed by atoms with Gasteiger partial charge in [0.05, 0.1) is 4.90 Å². The molecule has 0 spiro atoms. The van der Waals surface area contributed by atoms with E-state index in [1.165, 1.54) is 0 Å².